The lowest BCUT2D eigenvalue weighted by atomic mass is 10.1. The second-order valence-electron chi connectivity index (χ2n) is 6.41. The van der Waals surface area contributed by atoms with Crippen LogP contribution in [0.15, 0.2) is 46.9 Å². The fraction of sp³-hybridized carbons (Fsp3) is 0.250. The first-order valence-electron chi connectivity index (χ1n) is 8.52. The highest BCUT2D eigenvalue weighted by atomic mass is 79.9. The Morgan fingerprint density at radius 1 is 1.11 bits per heavy atom. The fourth-order valence-electron chi connectivity index (χ4n) is 2.92. The van der Waals surface area contributed by atoms with E-state index in [0.717, 1.165) is 21.4 Å². The quantitative estimate of drug-likeness (QED) is 0.504. The van der Waals surface area contributed by atoms with Crippen molar-refractivity contribution in [2.75, 3.05) is 5.32 Å². The standard InChI is InChI=1S/C20H19BrF3N3O/c1-12-9-10-15(28-11-14-7-5-4-6-8-14)13(2)17(12)25-19-16(21)18(20(22,23)24)27(3)26-19/h4-10H,11H2,1-3H3,(H,25,26). The number of ether oxygens (including phenoxy) is 1. The maximum atomic E-state index is 13.2. The molecule has 0 aliphatic rings. The van der Waals surface area contributed by atoms with Crippen molar-refractivity contribution in [2.24, 2.45) is 7.05 Å². The van der Waals surface area contributed by atoms with Crippen LogP contribution in [0.2, 0.25) is 0 Å². The van der Waals surface area contributed by atoms with E-state index in [2.05, 4.69) is 26.3 Å². The number of hydrogen-bond donors (Lipinski definition) is 1. The van der Waals surface area contributed by atoms with E-state index in [1.54, 1.807) is 0 Å². The number of aromatic nitrogens is 2. The van der Waals surface area contributed by atoms with Crippen molar-refractivity contribution in [3.63, 3.8) is 0 Å². The van der Waals surface area contributed by atoms with Gasteiger partial charge in [0, 0.05) is 18.3 Å². The molecule has 0 aliphatic carbocycles. The molecule has 4 nitrogen and oxygen atoms in total. The lowest BCUT2D eigenvalue weighted by Crippen LogP contribution is -2.12. The Balaban J connectivity index is 1.89. The van der Waals surface area contributed by atoms with Crippen LogP contribution < -0.4 is 10.1 Å². The topological polar surface area (TPSA) is 39.1 Å². The Morgan fingerprint density at radius 3 is 2.39 bits per heavy atom. The Hall–Kier alpha value is -2.48. The smallest absolute Gasteiger partial charge is 0.434 e. The average Bonchev–Trinajstić information content (AvgIpc) is 2.92. The SMILES string of the molecule is Cc1ccc(OCc2ccccc2)c(C)c1Nc1nn(C)c(C(F)(F)F)c1Br. The molecule has 0 atom stereocenters. The van der Waals surface area contributed by atoms with Gasteiger partial charge in [0.25, 0.3) is 0 Å². The van der Waals surface area contributed by atoms with Gasteiger partial charge in [-0.1, -0.05) is 36.4 Å². The second kappa shape index (κ2) is 7.87. The minimum atomic E-state index is -4.51. The summed E-state index contributed by atoms with van der Waals surface area (Å²) in [5.41, 5.74) is 2.51. The first-order valence-corrected chi connectivity index (χ1v) is 9.31. The first kappa shape index (κ1) is 20.3. The third-order valence-electron chi connectivity index (χ3n) is 4.36. The van der Waals surface area contributed by atoms with Crippen LogP contribution in [-0.2, 0) is 19.8 Å². The van der Waals surface area contributed by atoms with Gasteiger partial charge in [-0.05, 0) is 47.0 Å². The lowest BCUT2D eigenvalue weighted by molar-refractivity contribution is -0.144. The first-order chi connectivity index (χ1) is 13.2. The van der Waals surface area contributed by atoms with Gasteiger partial charge in [0.05, 0.1) is 4.47 Å². The van der Waals surface area contributed by atoms with Gasteiger partial charge in [-0.3, -0.25) is 4.68 Å². The maximum Gasteiger partial charge on any atom is 0.434 e. The van der Waals surface area contributed by atoms with Crippen molar-refractivity contribution in [2.45, 2.75) is 26.6 Å². The molecule has 0 spiro atoms. The van der Waals surface area contributed by atoms with Gasteiger partial charge in [0.1, 0.15) is 12.4 Å². The van der Waals surface area contributed by atoms with Gasteiger partial charge in [-0.25, -0.2) is 0 Å². The Kier molecular flexibility index (Phi) is 5.69. The van der Waals surface area contributed by atoms with Crippen molar-refractivity contribution in [3.8, 4) is 5.75 Å². The molecule has 28 heavy (non-hydrogen) atoms. The number of halogens is 4. The summed E-state index contributed by atoms with van der Waals surface area (Å²) in [4.78, 5) is 0. The third-order valence-corrected chi connectivity index (χ3v) is 5.11. The maximum absolute atomic E-state index is 13.2. The molecule has 1 N–H and O–H groups in total. The number of benzene rings is 2. The number of nitrogens with one attached hydrogen (secondary N) is 1. The number of anilines is 2. The highest BCUT2D eigenvalue weighted by Crippen LogP contribution is 2.40. The summed E-state index contributed by atoms with van der Waals surface area (Å²) in [5.74, 6) is 0.751. The fourth-order valence-corrected chi connectivity index (χ4v) is 3.58. The van der Waals surface area contributed by atoms with Crippen LogP contribution in [0.3, 0.4) is 0 Å². The Morgan fingerprint density at radius 2 is 1.79 bits per heavy atom. The highest BCUT2D eigenvalue weighted by molar-refractivity contribution is 9.10. The molecule has 0 unspecified atom stereocenters. The van der Waals surface area contributed by atoms with E-state index in [1.807, 2.05) is 56.3 Å². The molecule has 148 valence electrons. The van der Waals surface area contributed by atoms with E-state index in [1.165, 1.54) is 7.05 Å². The van der Waals surface area contributed by atoms with E-state index in [9.17, 15) is 13.2 Å². The van der Waals surface area contributed by atoms with E-state index >= 15 is 0 Å². The molecule has 0 aliphatic heterocycles. The monoisotopic (exact) mass is 453 g/mol. The van der Waals surface area contributed by atoms with Crippen LogP contribution in [0.5, 0.6) is 5.75 Å². The van der Waals surface area contributed by atoms with Crippen LogP contribution in [0.1, 0.15) is 22.4 Å². The Labute approximate surface area is 169 Å². The van der Waals surface area contributed by atoms with Crippen LogP contribution in [-0.4, -0.2) is 9.78 Å². The molecule has 0 saturated heterocycles. The molecule has 3 rings (SSSR count). The van der Waals surface area contributed by atoms with Gasteiger partial charge < -0.3 is 10.1 Å². The number of rotatable bonds is 5. The number of aryl methyl sites for hydroxylation is 2. The molecule has 0 fully saturated rings. The van der Waals surface area contributed by atoms with Crippen LogP contribution >= 0.6 is 15.9 Å². The van der Waals surface area contributed by atoms with E-state index in [0.29, 0.717) is 18.0 Å². The summed E-state index contributed by atoms with van der Waals surface area (Å²) in [7, 11) is 1.26. The number of alkyl halides is 3. The zero-order chi connectivity index (χ0) is 20.5. The predicted molar refractivity (Wildman–Crippen MR) is 106 cm³/mol. The van der Waals surface area contributed by atoms with Crippen molar-refractivity contribution >= 4 is 27.4 Å². The lowest BCUT2D eigenvalue weighted by Gasteiger charge is -2.16. The molecule has 3 aromatic rings. The summed E-state index contributed by atoms with van der Waals surface area (Å²) < 4.78 is 46.2. The van der Waals surface area contributed by atoms with Crippen LogP contribution in [0, 0.1) is 13.8 Å². The predicted octanol–water partition coefficient (Wildman–Crippen LogP) is 6.14. The van der Waals surface area contributed by atoms with Gasteiger partial charge in [0.15, 0.2) is 11.5 Å². The average molecular weight is 454 g/mol. The zero-order valence-electron chi connectivity index (χ0n) is 15.6. The molecule has 0 amide bonds. The summed E-state index contributed by atoms with van der Waals surface area (Å²) >= 11 is 3.03. The number of nitrogens with zero attached hydrogens (tertiary/aromatic N) is 2. The normalized spacial score (nSPS) is 11.5. The highest BCUT2D eigenvalue weighted by Gasteiger charge is 2.38. The summed E-state index contributed by atoms with van der Waals surface area (Å²) in [5, 5.41) is 7.00. The summed E-state index contributed by atoms with van der Waals surface area (Å²) in [6.07, 6.45) is -4.51. The molecule has 8 heteroatoms. The van der Waals surface area contributed by atoms with Crippen molar-refractivity contribution in [1.82, 2.24) is 9.78 Å². The third kappa shape index (κ3) is 4.16. The van der Waals surface area contributed by atoms with Gasteiger partial charge in [0.2, 0.25) is 0 Å². The molecule has 1 heterocycles. The van der Waals surface area contributed by atoms with E-state index in [4.69, 9.17) is 4.74 Å². The van der Waals surface area contributed by atoms with E-state index < -0.39 is 11.9 Å². The molecule has 2 aromatic carbocycles. The van der Waals surface area contributed by atoms with Gasteiger partial charge in [-0.2, -0.15) is 18.3 Å². The molecular formula is C20H19BrF3N3O. The number of hydrogen-bond acceptors (Lipinski definition) is 3. The largest absolute Gasteiger partial charge is 0.489 e. The van der Waals surface area contributed by atoms with Gasteiger partial charge >= 0.3 is 6.18 Å². The Bertz CT molecular complexity index is 985. The minimum absolute atomic E-state index is 0.0984. The molecular weight excluding hydrogens is 435 g/mol. The molecule has 0 bridgehead atoms. The van der Waals surface area contributed by atoms with Crippen molar-refractivity contribution in [3.05, 3.63) is 69.3 Å². The van der Waals surface area contributed by atoms with Crippen LogP contribution in [0.25, 0.3) is 0 Å². The minimum Gasteiger partial charge on any atom is -0.489 e. The van der Waals surface area contributed by atoms with Crippen LogP contribution in [0.4, 0.5) is 24.7 Å². The zero-order valence-corrected chi connectivity index (χ0v) is 17.1. The molecule has 0 radical (unpaired) electrons. The summed E-state index contributed by atoms with van der Waals surface area (Å²) in [6.45, 7) is 4.13. The van der Waals surface area contributed by atoms with E-state index in [-0.39, 0.29) is 10.3 Å². The second-order valence-corrected chi connectivity index (χ2v) is 7.21. The van der Waals surface area contributed by atoms with Gasteiger partial charge in [-0.15, -0.1) is 0 Å². The molecule has 1 aromatic heterocycles. The van der Waals surface area contributed by atoms with Crippen molar-refractivity contribution < 1.29 is 17.9 Å². The molecule has 0 saturated carbocycles. The summed E-state index contributed by atoms with van der Waals surface area (Å²) in [6, 6.07) is 13.4. The van der Waals surface area contributed by atoms with Crippen molar-refractivity contribution in [1.29, 1.82) is 0 Å².